The minimum atomic E-state index is -4.62. The summed E-state index contributed by atoms with van der Waals surface area (Å²) >= 11 is 0. The van der Waals surface area contributed by atoms with Crippen molar-refractivity contribution in [3.05, 3.63) is 83.2 Å². The second-order valence-corrected chi connectivity index (χ2v) is 8.01. The van der Waals surface area contributed by atoms with Crippen molar-refractivity contribution >= 4 is 23.3 Å². The van der Waals surface area contributed by atoms with Crippen LogP contribution in [0.25, 0.3) is 0 Å². The van der Waals surface area contributed by atoms with Gasteiger partial charge in [-0.1, -0.05) is 30.3 Å². The minimum absolute atomic E-state index is 0.128. The van der Waals surface area contributed by atoms with E-state index >= 15 is 0 Å². The highest BCUT2D eigenvalue weighted by Gasteiger charge is 2.43. The number of nitrogens with zero attached hydrogens (tertiary/aromatic N) is 3. The van der Waals surface area contributed by atoms with Gasteiger partial charge in [-0.05, 0) is 48.4 Å². The van der Waals surface area contributed by atoms with E-state index in [-0.39, 0.29) is 23.3 Å². The number of amides is 2. The lowest BCUT2D eigenvalue weighted by atomic mass is 9.98. The molecule has 6 nitrogen and oxygen atoms in total. The number of aromatic nitrogens is 1. The van der Waals surface area contributed by atoms with E-state index in [0.29, 0.717) is 21.6 Å². The van der Waals surface area contributed by atoms with Gasteiger partial charge in [0.2, 0.25) is 5.88 Å². The maximum absolute atomic E-state index is 13.6. The zero-order valence-electron chi connectivity index (χ0n) is 17.7. The average Bonchev–Trinajstić information content (AvgIpc) is 3.09. The van der Waals surface area contributed by atoms with Crippen LogP contribution in [0.15, 0.2) is 60.7 Å². The molecule has 2 atom stereocenters. The summed E-state index contributed by atoms with van der Waals surface area (Å²) in [6, 6.07) is 14.6. The van der Waals surface area contributed by atoms with Crippen LogP contribution in [0.3, 0.4) is 0 Å². The van der Waals surface area contributed by atoms with Gasteiger partial charge in [-0.3, -0.25) is 19.4 Å². The Kier molecular flexibility index (Phi) is 5.03. The normalized spacial score (nSPS) is 19.7. The molecule has 2 aliphatic rings. The summed E-state index contributed by atoms with van der Waals surface area (Å²) in [6.07, 6.45) is -5.81. The van der Waals surface area contributed by atoms with Crippen LogP contribution >= 0.6 is 0 Å². The van der Waals surface area contributed by atoms with Crippen molar-refractivity contribution in [1.29, 1.82) is 0 Å². The molecule has 0 radical (unpaired) electrons. The molecule has 0 spiro atoms. The fraction of sp³-hybridized carbons (Fsp3) is 0.208. The van der Waals surface area contributed by atoms with E-state index in [1.54, 1.807) is 36.4 Å². The van der Waals surface area contributed by atoms with E-state index in [0.717, 1.165) is 0 Å². The third-order valence-corrected chi connectivity index (χ3v) is 5.75. The average molecular weight is 471 g/mol. The van der Waals surface area contributed by atoms with Gasteiger partial charge >= 0.3 is 6.18 Å². The van der Waals surface area contributed by atoms with E-state index in [9.17, 15) is 27.2 Å². The molecule has 0 saturated carbocycles. The number of pyridine rings is 1. The van der Waals surface area contributed by atoms with Gasteiger partial charge in [0.25, 0.3) is 11.8 Å². The molecule has 5 rings (SSSR count). The molecular formula is C24H17F4N3O3. The highest BCUT2D eigenvalue weighted by atomic mass is 19.4. The Balaban J connectivity index is 1.60. The van der Waals surface area contributed by atoms with Crippen molar-refractivity contribution in [1.82, 2.24) is 4.98 Å². The van der Waals surface area contributed by atoms with Crippen LogP contribution in [0.2, 0.25) is 0 Å². The standard InChI is InChI=1S/C24H17F4N3O3/c1-13-22(32)30(12-24(26,27)28)18-10-11-19(29-21(18)34-13)31-20(14-6-8-15(25)9-7-14)16-4-2-3-5-17(16)23(31)33/h2-11,13,20H,12H2,1H3. The maximum Gasteiger partial charge on any atom is 0.406 e. The molecule has 34 heavy (non-hydrogen) atoms. The first-order chi connectivity index (χ1) is 16.1. The molecule has 2 aliphatic heterocycles. The number of carbonyl (C=O) groups excluding carboxylic acids is 2. The summed E-state index contributed by atoms with van der Waals surface area (Å²) in [6.45, 7) is -0.152. The van der Waals surface area contributed by atoms with Gasteiger partial charge < -0.3 is 4.74 Å². The molecule has 2 unspecified atom stereocenters. The third kappa shape index (κ3) is 3.64. The molecule has 0 bridgehead atoms. The molecule has 3 aromatic rings. The molecular weight excluding hydrogens is 454 g/mol. The highest BCUT2D eigenvalue weighted by Crippen LogP contribution is 2.43. The van der Waals surface area contributed by atoms with E-state index in [4.69, 9.17) is 4.74 Å². The molecule has 0 N–H and O–H groups in total. The Morgan fingerprint density at radius 1 is 1.00 bits per heavy atom. The fourth-order valence-electron chi connectivity index (χ4n) is 4.27. The highest BCUT2D eigenvalue weighted by molar-refractivity contribution is 6.11. The lowest BCUT2D eigenvalue weighted by Gasteiger charge is -2.33. The van der Waals surface area contributed by atoms with Crippen molar-refractivity contribution in [3.63, 3.8) is 0 Å². The number of halogens is 4. The first kappa shape index (κ1) is 21.9. The fourth-order valence-corrected chi connectivity index (χ4v) is 4.27. The lowest BCUT2D eigenvalue weighted by molar-refractivity contribution is -0.137. The summed E-state index contributed by atoms with van der Waals surface area (Å²) < 4.78 is 58.3. The first-order valence-electron chi connectivity index (χ1n) is 10.4. The Bertz CT molecular complexity index is 1290. The smallest absolute Gasteiger partial charge is 0.406 e. The summed E-state index contributed by atoms with van der Waals surface area (Å²) in [4.78, 5) is 32.0. The molecule has 0 saturated heterocycles. The largest absolute Gasteiger partial charge is 0.463 e. The summed E-state index contributed by atoms with van der Waals surface area (Å²) in [5.74, 6) is -1.70. The number of hydrogen-bond donors (Lipinski definition) is 0. The second-order valence-electron chi connectivity index (χ2n) is 8.01. The summed E-state index contributed by atoms with van der Waals surface area (Å²) in [7, 11) is 0. The zero-order chi connectivity index (χ0) is 24.2. The number of benzene rings is 2. The molecule has 174 valence electrons. The summed E-state index contributed by atoms with van der Waals surface area (Å²) in [5.41, 5.74) is 1.61. The van der Waals surface area contributed by atoms with Gasteiger partial charge in [-0.2, -0.15) is 18.2 Å². The molecule has 0 fully saturated rings. The van der Waals surface area contributed by atoms with Crippen LogP contribution in [-0.4, -0.2) is 35.6 Å². The molecule has 3 heterocycles. The lowest BCUT2D eigenvalue weighted by Crippen LogP contribution is -2.48. The van der Waals surface area contributed by atoms with E-state index in [1.165, 1.54) is 36.1 Å². The predicted molar refractivity (Wildman–Crippen MR) is 114 cm³/mol. The van der Waals surface area contributed by atoms with E-state index < -0.39 is 36.6 Å². The van der Waals surface area contributed by atoms with Crippen LogP contribution in [-0.2, 0) is 4.79 Å². The molecule has 10 heteroatoms. The topological polar surface area (TPSA) is 62.7 Å². The van der Waals surface area contributed by atoms with Crippen molar-refractivity contribution in [3.8, 4) is 5.88 Å². The predicted octanol–water partition coefficient (Wildman–Crippen LogP) is 4.65. The maximum atomic E-state index is 13.6. The SMILES string of the molecule is CC1Oc2nc(N3C(=O)c4ccccc4C3c3ccc(F)cc3)ccc2N(CC(F)(F)F)C1=O. The van der Waals surface area contributed by atoms with E-state index in [2.05, 4.69) is 4.98 Å². The number of ether oxygens (including phenoxy) is 1. The van der Waals surface area contributed by atoms with Gasteiger partial charge in [0.15, 0.2) is 6.10 Å². The Morgan fingerprint density at radius 3 is 2.41 bits per heavy atom. The second kappa shape index (κ2) is 7.82. The van der Waals surface area contributed by atoms with Crippen LogP contribution < -0.4 is 14.5 Å². The third-order valence-electron chi connectivity index (χ3n) is 5.75. The van der Waals surface area contributed by atoms with Gasteiger partial charge in [0.1, 0.15) is 23.9 Å². The van der Waals surface area contributed by atoms with E-state index in [1.807, 2.05) is 0 Å². The van der Waals surface area contributed by atoms with Crippen LogP contribution in [0, 0.1) is 5.82 Å². The number of carbonyl (C=O) groups is 2. The first-order valence-corrected chi connectivity index (χ1v) is 10.4. The summed E-state index contributed by atoms with van der Waals surface area (Å²) in [5, 5.41) is 0. The number of rotatable bonds is 3. The number of alkyl halides is 3. The minimum Gasteiger partial charge on any atom is -0.463 e. The Morgan fingerprint density at radius 2 is 1.71 bits per heavy atom. The van der Waals surface area contributed by atoms with Gasteiger partial charge in [0.05, 0.1) is 6.04 Å². The Labute approximate surface area is 191 Å². The van der Waals surface area contributed by atoms with Gasteiger partial charge in [-0.25, -0.2) is 4.39 Å². The molecule has 2 aromatic carbocycles. The van der Waals surface area contributed by atoms with Gasteiger partial charge in [0, 0.05) is 5.56 Å². The van der Waals surface area contributed by atoms with Crippen molar-refractivity contribution in [2.24, 2.45) is 0 Å². The quantitative estimate of drug-likeness (QED) is 0.522. The van der Waals surface area contributed by atoms with Crippen LogP contribution in [0.4, 0.5) is 29.1 Å². The molecule has 2 amide bonds. The van der Waals surface area contributed by atoms with Gasteiger partial charge in [-0.15, -0.1) is 0 Å². The monoisotopic (exact) mass is 471 g/mol. The Hall–Kier alpha value is -3.95. The van der Waals surface area contributed by atoms with Crippen molar-refractivity contribution in [2.45, 2.75) is 25.2 Å². The number of hydrogen-bond acceptors (Lipinski definition) is 4. The zero-order valence-corrected chi connectivity index (χ0v) is 17.7. The van der Waals surface area contributed by atoms with Crippen LogP contribution in [0.5, 0.6) is 5.88 Å². The number of fused-ring (bicyclic) bond motifs is 2. The molecule has 0 aliphatic carbocycles. The number of anilines is 2. The van der Waals surface area contributed by atoms with Crippen molar-refractivity contribution < 1.29 is 31.9 Å². The van der Waals surface area contributed by atoms with Crippen molar-refractivity contribution in [2.75, 3.05) is 16.3 Å². The molecule has 1 aromatic heterocycles. The van der Waals surface area contributed by atoms with Crippen LogP contribution in [0.1, 0.15) is 34.5 Å².